The van der Waals surface area contributed by atoms with E-state index in [-0.39, 0.29) is 18.1 Å². The monoisotopic (exact) mass is 359 g/mol. The van der Waals surface area contributed by atoms with Gasteiger partial charge in [-0.05, 0) is 63.9 Å². The number of benzene rings is 1. The molecule has 25 heavy (non-hydrogen) atoms. The van der Waals surface area contributed by atoms with Crippen LogP contribution < -0.4 is 10.5 Å². The molecule has 1 aliphatic heterocycles. The third kappa shape index (κ3) is 4.02. The van der Waals surface area contributed by atoms with Crippen molar-refractivity contribution in [1.82, 2.24) is 9.88 Å². The Balaban J connectivity index is 1.73. The van der Waals surface area contributed by atoms with Crippen LogP contribution in [0.15, 0.2) is 29.6 Å². The predicted octanol–water partition coefficient (Wildman–Crippen LogP) is 3.41. The van der Waals surface area contributed by atoms with Crippen molar-refractivity contribution in [3.63, 3.8) is 0 Å². The van der Waals surface area contributed by atoms with Gasteiger partial charge in [-0.2, -0.15) is 0 Å². The fraction of sp³-hybridized carbons (Fsp3) is 0.474. The third-order valence-electron chi connectivity index (χ3n) is 4.45. The van der Waals surface area contributed by atoms with Crippen molar-refractivity contribution in [1.29, 1.82) is 0 Å². The highest BCUT2D eigenvalue weighted by Crippen LogP contribution is 2.29. The number of hydrogen-bond acceptors (Lipinski definition) is 5. The van der Waals surface area contributed by atoms with Gasteiger partial charge in [-0.3, -0.25) is 4.79 Å². The topological polar surface area (TPSA) is 68.5 Å². The zero-order valence-electron chi connectivity index (χ0n) is 14.9. The van der Waals surface area contributed by atoms with Gasteiger partial charge in [-0.25, -0.2) is 4.98 Å². The Kier molecular flexibility index (Phi) is 5.39. The van der Waals surface area contributed by atoms with E-state index < -0.39 is 0 Å². The van der Waals surface area contributed by atoms with Crippen LogP contribution in [0.1, 0.15) is 37.7 Å². The van der Waals surface area contributed by atoms with Gasteiger partial charge in [-0.1, -0.05) is 0 Å². The quantitative estimate of drug-likeness (QED) is 0.888. The molecule has 0 bridgehead atoms. The maximum Gasteiger partial charge on any atom is 0.273 e. The Bertz CT molecular complexity index is 727. The molecule has 2 N–H and O–H groups in total. The lowest BCUT2D eigenvalue weighted by Gasteiger charge is -2.20. The molecule has 0 aliphatic carbocycles. The summed E-state index contributed by atoms with van der Waals surface area (Å²) in [5.74, 6) is 1.24. The largest absolute Gasteiger partial charge is 0.491 e. The molecular formula is C19H25N3O2S. The van der Waals surface area contributed by atoms with Gasteiger partial charge in [0, 0.05) is 23.5 Å². The first-order valence-electron chi connectivity index (χ1n) is 8.71. The summed E-state index contributed by atoms with van der Waals surface area (Å²) in [6, 6.07) is 8.06. The SMILES string of the molecule is CC(C)Oc1ccc(-c2nc(C(=O)N3CC(CN)CC3C)cs2)cc1. The van der Waals surface area contributed by atoms with Gasteiger partial charge in [0.05, 0.1) is 6.10 Å². The van der Waals surface area contributed by atoms with Gasteiger partial charge in [0.1, 0.15) is 16.5 Å². The lowest BCUT2D eigenvalue weighted by atomic mass is 10.1. The highest BCUT2D eigenvalue weighted by atomic mass is 32.1. The van der Waals surface area contributed by atoms with Crippen LogP contribution in [-0.2, 0) is 0 Å². The summed E-state index contributed by atoms with van der Waals surface area (Å²) >= 11 is 1.49. The summed E-state index contributed by atoms with van der Waals surface area (Å²) < 4.78 is 5.66. The molecule has 1 aromatic heterocycles. The summed E-state index contributed by atoms with van der Waals surface area (Å²) in [6.45, 7) is 7.43. The van der Waals surface area contributed by atoms with E-state index >= 15 is 0 Å². The van der Waals surface area contributed by atoms with Gasteiger partial charge in [0.25, 0.3) is 5.91 Å². The summed E-state index contributed by atoms with van der Waals surface area (Å²) in [6.07, 6.45) is 1.12. The standard InChI is InChI=1S/C19H25N3O2S/c1-12(2)24-16-6-4-15(5-7-16)18-21-17(11-25-18)19(23)22-10-14(9-20)8-13(22)3/h4-7,11-14H,8-10,20H2,1-3H3. The van der Waals surface area contributed by atoms with Gasteiger partial charge < -0.3 is 15.4 Å². The van der Waals surface area contributed by atoms with E-state index in [4.69, 9.17) is 10.5 Å². The van der Waals surface area contributed by atoms with Crippen LogP contribution in [0.2, 0.25) is 0 Å². The molecule has 2 atom stereocenters. The van der Waals surface area contributed by atoms with E-state index in [2.05, 4.69) is 11.9 Å². The molecule has 1 fully saturated rings. The van der Waals surface area contributed by atoms with Crippen molar-refractivity contribution >= 4 is 17.2 Å². The first kappa shape index (κ1) is 17.9. The van der Waals surface area contributed by atoms with E-state index in [1.165, 1.54) is 11.3 Å². The first-order valence-corrected chi connectivity index (χ1v) is 9.59. The molecule has 0 saturated carbocycles. The zero-order chi connectivity index (χ0) is 18.0. The lowest BCUT2D eigenvalue weighted by Crippen LogP contribution is -2.34. The molecule has 5 nitrogen and oxygen atoms in total. The molecule has 0 spiro atoms. The zero-order valence-corrected chi connectivity index (χ0v) is 15.8. The van der Waals surface area contributed by atoms with Crippen LogP contribution in [0.4, 0.5) is 0 Å². The molecule has 1 aromatic carbocycles. The number of carbonyl (C=O) groups is 1. The number of ether oxygens (including phenoxy) is 1. The van der Waals surface area contributed by atoms with Crippen LogP contribution in [0, 0.1) is 5.92 Å². The molecule has 1 saturated heterocycles. The Hall–Kier alpha value is -1.92. The minimum atomic E-state index is 0.00529. The number of nitrogens with zero attached hydrogens (tertiary/aromatic N) is 2. The van der Waals surface area contributed by atoms with Crippen LogP contribution in [-0.4, -0.2) is 41.0 Å². The van der Waals surface area contributed by atoms with Crippen LogP contribution in [0.5, 0.6) is 5.75 Å². The summed E-state index contributed by atoms with van der Waals surface area (Å²) in [7, 11) is 0. The minimum absolute atomic E-state index is 0.00529. The average Bonchev–Trinajstić information content (AvgIpc) is 3.21. The van der Waals surface area contributed by atoms with E-state index in [1.54, 1.807) is 0 Å². The number of nitrogens with two attached hydrogens (primary N) is 1. The van der Waals surface area contributed by atoms with Crippen LogP contribution >= 0.6 is 11.3 Å². The van der Waals surface area contributed by atoms with Crippen LogP contribution in [0.3, 0.4) is 0 Å². The third-order valence-corrected chi connectivity index (χ3v) is 5.34. The van der Waals surface area contributed by atoms with E-state index in [0.29, 0.717) is 18.2 Å². The lowest BCUT2D eigenvalue weighted by molar-refractivity contribution is 0.0738. The van der Waals surface area contributed by atoms with Crippen molar-refractivity contribution in [2.24, 2.45) is 11.7 Å². The Morgan fingerprint density at radius 3 is 2.72 bits per heavy atom. The minimum Gasteiger partial charge on any atom is -0.491 e. The smallest absolute Gasteiger partial charge is 0.273 e. The first-order chi connectivity index (χ1) is 12.0. The van der Waals surface area contributed by atoms with E-state index in [1.807, 2.05) is 48.4 Å². The maximum absolute atomic E-state index is 12.7. The molecule has 2 unspecified atom stereocenters. The number of likely N-dealkylation sites (tertiary alicyclic amines) is 1. The normalized spacial score (nSPS) is 20.3. The second kappa shape index (κ2) is 7.54. The second-order valence-electron chi connectivity index (χ2n) is 6.87. The Morgan fingerprint density at radius 2 is 2.12 bits per heavy atom. The average molecular weight is 359 g/mol. The number of aromatic nitrogens is 1. The number of hydrogen-bond donors (Lipinski definition) is 1. The van der Waals surface area contributed by atoms with Crippen molar-refractivity contribution < 1.29 is 9.53 Å². The molecule has 1 amide bonds. The van der Waals surface area contributed by atoms with E-state index in [0.717, 1.165) is 29.3 Å². The van der Waals surface area contributed by atoms with Crippen molar-refractivity contribution in [2.75, 3.05) is 13.1 Å². The van der Waals surface area contributed by atoms with Crippen molar-refractivity contribution in [2.45, 2.75) is 39.3 Å². The number of amides is 1. The fourth-order valence-corrected chi connectivity index (χ4v) is 4.00. The highest BCUT2D eigenvalue weighted by Gasteiger charge is 2.33. The molecule has 1 aliphatic rings. The molecule has 3 rings (SSSR count). The number of carbonyl (C=O) groups excluding carboxylic acids is 1. The predicted molar refractivity (Wildman–Crippen MR) is 101 cm³/mol. The van der Waals surface area contributed by atoms with Crippen molar-refractivity contribution in [3.05, 3.63) is 35.3 Å². The van der Waals surface area contributed by atoms with Gasteiger partial charge in [0.2, 0.25) is 0 Å². The highest BCUT2D eigenvalue weighted by molar-refractivity contribution is 7.13. The van der Waals surface area contributed by atoms with Gasteiger partial charge >= 0.3 is 0 Å². The summed E-state index contributed by atoms with van der Waals surface area (Å²) in [4.78, 5) is 19.2. The summed E-state index contributed by atoms with van der Waals surface area (Å²) in [5.41, 5.74) is 7.27. The van der Waals surface area contributed by atoms with Gasteiger partial charge in [-0.15, -0.1) is 11.3 Å². The maximum atomic E-state index is 12.7. The fourth-order valence-electron chi connectivity index (χ4n) is 3.20. The molecule has 2 aromatic rings. The molecular weight excluding hydrogens is 334 g/mol. The number of thiazole rings is 1. The Labute approximate surface area is 152 Å². The Morgan fingerprint density at radius 1 is 1.40 bits per heavy atom. The molecule has 6 heteroatoms. The summed E-state index contributed by atoms with van der Waals surface area (Å²) in [5, 5.41) is 2.69. The molecule has 0 radical (unpaired) electrons. The number of rotatable bonds is 5. The molecule has 134 valence electrons. The van der Waals surface area contributed by atoms with Crippen molar-refractivity contribution in [3.8, 4) is 16.3 Å². The van der Waals surface area contributed by atoms with Gasteiger partial charge in [0.15, 0.2) is 0 Å². The second-order valence-corrected chi connectivity index (χ2v) is 7.73. The van der Waals surface area contributed by atoms with Crippen LogP contribution in [0.25, 0.3) is 10.6 Å². The van der Waals surface area contributed by atoms with E-state index in [9.17, 15) is 4.79 Å². The molecule has 2 heterocycles.